The highest BCUT2D eigenvalue weighted by atomic mass is 19.4. The average molecular weight is 226 g/mol. The molecule has 1 rings (SSSR count). The lowest BCUT2D eigenvalue weighted by Crippen LogP contribution is -2.40. The summed E-state index contributed by atoms with van der Waals surface area (Å²) in [7, 11) is 0. The van der Waals surface area contributed by atoms with E-state index in [0.29, 0.717) is 13.0 Å². The normalized spacial score (nSPS) is 22.1. The number of hydrogen-bond donors (Lipinski definition) is 2. The van der Waals surface area contributed by atoms with Crippen LogP contribution in [-0.4, -0.2) is 54.4 Å². The third-order valence-corrected chi connectivity index (χ3v) is 2.12. The van der Waals surface area contributed by atoms with Crippen molar-refractivity contribution in [2.24, 2.45) is 0 Å². The number of nitrogens with one attached hydrogen (secondary N) is 1. The van der Waals surface area contributed by atoms with E-state index in [-0.39, 0.29) is 13.1 Å². The smallest absolute Gasteiger partial charge is 0.391 e. The average Bonchev–Trinajstić information content (AvgIpc) is 2.49. The van der Waals surface area contributed by atoms with E-state index in [4.69, 9.17) is 5.11 Å². The number of halogens is 3. The molecule has 1 amide bonds. The van der Waals surface area contributed by atoms with Crippen molar-refractivity contribution < 1.29 is 23.1 Å². The predicted molar refractivity (Wildman–Crippen MR) is 46.1 cm³/mol. The molecule has 88 valence electrons. The van der Waals surface area contributed by atoms with Crippen molar-refractivity contribution in [2.75, 3.05) is 26.2 Å². The number of β-amino-alcohol motifs (C(OH)–C–C–N with tert-alkyl or cyclic N) is 1. The van der Waals surface area contributed by atoms with E-state index in [1.165, 1.54) is 4.90 Å². The molecular weight excluding hydrogens is 213 g/mol. The molecule has 2 N–H and O–H groups in total. The highest BCUT2D eigenvalue weighted by Gasteiger charge is 2.28. The number of aliphatic hydroxyl groups excluding tert-OH is 1. The summed E-state index contributed by atoms with van der Waals surface area (Å²) in [4.78, 5) is 12.6. The summed E-state index contributed by atoms with van der Waals surface area (Å²) in [6, 6.07) is 0. The first-order chi connectivity index (χ1) is 6.88. The number of carbonyl (C=O) groups excluding carboxylic acids is 1. The Morgan fingerprint density at radius 1 is 1.53 bits per heavy atom. The molecule has 0 bridgehead atoms. The summed E-state index contributed by atoms with van der Waals surface area (Å²) in [6.07, 6.45) is -4.35. The zero-order valence-electron chi connectivity index (χ0n) is 8.05. The molecule has 0 saturated carbocycles. The van der Waals surface area contributed by atoms with Crippen LogP contribution in [0, 0.1) is 0 Å². The summed E-state index contributed by atoms with van der Waals surface area (Å²) in [5.41, 5.74) is 0. The van der Waals surface area contributed by atoms with Crippen LogP contribution in [-0.2, 0) is 4.79 Å². The molecule has 0 radical (unpaired) electrons. The predicted octanol–water partition coefficient (Wildman–Crippen LogP) is -0.268. The van der Waals surface area contributed by atoms with Crippen LogP contribution in [0.2, 0.25) is 0 Å². The third kappa shape index (κ3) is 4.48. The number of carbonyl (C=O) groups is 1. The fourth-order valence-corrected chi connectivity index (χ4v) is 1.39. The second-order valence-electron chi connectivity index (χ2n) is 3.50. The molecule has 4 nitrogen and oxygen atoms in total. The lowest BCUT2D eigenvalue weighted by molar-refractivity contribution is -0.133. The van der Waals surface area contributed by atoms with Crippen LogP contribution in [0.1, 0.15) is 6.42 Å². The lowest BCUT2D eigenvalue weighted by atomic mass is 10.3. The summed E-state index contributed by atoms with van der Waals surface area (Å²) < 4.78 is 35.2. The SMILES string of the molecule is O=C(CNCC(F)(F)F)N1CC[C@@H](O)C1. The largest absolute Gasteiger partial charge is 0.401 e. The van der Waals surface area contributed by atoms with Crippen LogP contribution in [0.5, 0.6) is 0 Å². The maximum Gasteiger partial charge on any atom is 0.401 e. The van der Waals surface area contributed by atoms with Gasteiger partial charge in [-0.05, 0) is 6.42 Å². The van der Waals surface area contributed by atoms with Gasteiger partial charge in [0.2, 0.25) is 5.91 Å². The summed E-state index contributed by atoms with van der Waals surface area (Å²) in [6.45, 7) is -0.887. The Balaban J connectivity index is 2.19. The zero-order valence-corrected chi connectivity index (χ0v) is 8.05. The molecule has 0 unspecified atom stereocenters. The van der Waals surface area contributed by atoms with Gasteiger partial charge in [0.05, 0.1) is 19.2 Å². The minimum Gasteiger partial charge on any atom is -0.391 e. The van der Waals surface area contributed by atoms with Gasteiger partial charge < -0.3 is 15.3 Å². The molecule has 0 aromatic carbocycles. The molecule has 1 atom stereocenters. The third-order valence-electron chi connectivity index (χ3n) is 2.12. The number of rotatable bonds is 3. The summed E-state index contributed by atoms with van der Waals surface area (Å²) in [5.74, 6) is -0.407. The van der Waals surface area contributed by atoms with Crippen LogP contribution >= 0.6 is 0 Å². The van der Waals surface area contributed by atoms with E-state index in [1.807, 2.05) is 5.32 Å². The Morgan fingerprint density at radius 3 is 2.67 bits per heavy atom. The summed E-state index contributed by atoms with van der Waals surface area (Å²) >= 11 is 0. The number of hydrogen-bond acceptors (Lipinski definition) is 3. The van der Waals surface area contributed by atoms with Gasteiger partial charge in [0.1, 0.15) is 0 Å². The number of likely N-dealkylation sites (tertiary alicyclic amines) is 1. The van der Waals surface area contributed by atoms with Gasteiger partial charge >= 0.3 is 6.18 Å². The van der Waals surface area contributed by atoms with Crippen LogP contribution in [0.4, 0.5) is 13.2 Å². The fraction of sp³-hybridized carbons (Fsp3) is 0.875. The van der Waals surface area contributed by atoms with Crippen molar-refractivity contribution in [1.29, 1.82) is 0 Å². The van der Waals surface area contributed by atoms with E-state index in [0.717, 1.165) is 0 Å². The minimum atomic E-state index is -4.30. The maximum atomic E-state index is 11.7. The van der Waals surface area contributed by atoms with Crippen LogP contribution in [0.25, 0.3) is 0 Å². The van der Waals surface area contributed by atoms with Crippen molar-refractivity contribution in [1.82, 2.24) is 10.2 Å². The Hall–Kier alpha value is -0.820. The monoisotopic (exact) mass is 226 g/mol. The molecule has 0 spiro atoms. The fourth-order valence-electron chi connectivity index (χ4n) is 1.39. The molecule has 0 aliphatic carbocycles. The first-order valence-corrected chi connectivity index (χ1v) is 4.62. The Bertz CT molecular complexity index is 232. The molecular formula is C8H13F3N2O2. The van der Waals surface area contributed by atoms with E-state index < -0.39 is 24.7 Å². The first-order valence-electron chi connectivity index (χ1n) is 4.62. The number of alkyl halides is 3. The van der Waals surface area contributed by atoms with Gasteiger partial charge in [-0.2, -0.15) is 13.2 Å². The topological polar surface area (TPSA) is 52.6 Å². The van der Waals surface area contributed by atoms with Gasteiger partial charge in [-0.15, -0.1) is 0 Å². The standard InChI is InChI=1S/C8H13F3N2O2/c9-8(10,11)5-12-3-7(15)13-2-1-6(14)4-13/h6,12,14H,1-5H2/t6-/m1/s1. The van der Waals surface area contributed by atoms with Crippen molar-refractivity contribution >= 4 is 5.91 Å². The summed E-state index contributed by atoms with van der Waals surface area (Å²) in [5, 5.41) is 11.1. The van der Waals surface area contributed by atoms with E-state index in [1.54, 1.807) is 0 Å². The second-order valence-corrected chi connectivity index (χ2v) is 3.50. The van der Waals surface area contributed by atoms with E-state index in [9.17, 15) is 18.0 Å². The first kappa shape index (κ1) is 12.3. The number of aliphatic hydroxyl groups is 1. The van der Waals surface area contributed by atoms with Crippen molar-refractivity contribution in [3.63, 3.8) is 0 Å². The second kappa shape index (κ2) is 4.80. The maximum absolute atomic E-state index is 11.7. The molecule has 1 aliphatic heterocycles. The highest BCUT2D eigenvalue weighted by molar-refractivity contribution is 5.78. The van der Waals surface area contributed by atoms with E-state index >= 15 is 0 Å². The molecule has 0 aromatic rings. The van der Waals surface area contributed by atoms with Crippen LogP contribution in [0.15, 0.2) is 0 Å². The Kier molecular flexibility index (Phi) is 3.92. The minimum absolute atomic E-state index is 0.215. The van der Waals surface area contributed by atoms with Gasteiger partial charge in [0.15, 0.2) is 0 Å². The molecule has 15 heavy (non-hydrogen) atoms. The van der Waals surface area contributed by atoms with Gasteiger partial charge in [-0.25, -0.2) is 0 Å². The Morgan fingerprint density at radius 2 is 2.20 bits per heavy atom. The molecule has 1 saturated heterocycles. The zero-order chi connectivity index (χ0) is 11.5. The molecule has 1 heterocycles. The molecule has 7 heteroatoms. The molecule has 1 aliphatic rings. The quantitative estimate of drug-likeness (QED) is 0.696. The Labute approximate surface area is 85.1 Å². The van der Waals surface area contributed by atoms with Gasteiger partial charge in [0, 0.05) is 13.1 Å². The molecule has 1 fully saturated rings. The van der Waals surface area contributed by atoms with Crippen molar-refractivity contribution in [3.05, 3.63) is 0 Å². The van der Waals surface area contributed by atoms with Crippen molar-refractivity contribution in [2.45, 2.75) is 18.7 Å². The van der Waals surface area contributed by atoms with Gasteiger partial charge in [-0.3, -0.25) is 4.79 Å². The van der Waals surface area contributed by atoms with Gasteiger partial charge in [0.25, 0.3) is 0 Å². The van der Waals surface area contributed by atoms with Crippen LogP contribution in [0.3, 0.4) is 0 Å². The number of nitrogens with zero attached hydrogens (tertiary/aromatic N) is 1. The molecule has 0 aromatic heterocycles. The lowest BCUT2D eigenvalue weighted by Gasteiger charge is -2.16. The van der Waals surface area contributed by atoms with Crippen molar-refractivity contribution in [3.8, 4) is 0 Å². The van der Waals surface area contributed by atoms with Gasteiger partial charge in [-0.1, -0.05) is 0 Å². The van der Waals surface area contributed by atoms with E-state index in [2.05, 4.69) is 0 Å². The van der Waals surface area contributed by atoms with Crippen LogP contribution < -0.4 is 5.32 Å². The highest BCUT2D eigenvalue weighted by Crippen LogP contribution is 2.12. The number of amides is 1.